The molecule has 8 heteroatoms. The largest absolute Gasteiger partial charge is 0.507 e. The Morgan fingerprint density at radius 3 is 2.81 bits per heavy atom. The molecule has 4 rings (SSSR count). The normalized spacial score (nSPS) is 18.4. The van der Waals surface area contributed by atoms with Crippen molar-refractivity contribution in [1.29, 1.82) is 0 Å². The van der Waals surface area contributed by atoms with Gasteiger partial charge in [0.05, 0.1) is 11.3 Å². The van der Waals surface area contributed by atoms with E-state index in [1.165, 1.54) is 11.3 Å². The van der Waals surface area contributed by atoms with Crippen LogP contribution in [0.15, 0.2) is 29.4 Å². The summed E-state index contributed by atoms with van der Waals surface area (Å²) in [6.45, 7) is 0. The third kappa shape index (κ3) is 3.28. The molecular weight excluding hydrogens is 366 g/mol. The first-order valence-electron chi connectivity index (χ1n) is 8.81. The number of rotatable bonds is 4. The fourth-order valence-electron chi connectivity index (χ4n) is 3.50. The molecule has 0 bridgehead atoms. The van der Waals surface area contributed by atoms with Crippen LogP contribution >= 0.6 is 11.3 Å². The fraction of sp³-hybridized carbons (Fsp3) is 0.316. The zero-order valence-corrected chi connectivity index (χ0v) is 15.3. The van der Waals surface area contributed by atoms with Crippen molar-refractivity contribution in [3.8, 4) is 5.75 Å². The predicted octanol–water partition coefficient (Wildman–Crippen LogP) is 2.56. The number of hydrogen-bond acceptors (Lipinski definition) is 6. The Morgan fingerprint density at radius 1 is 1.26 bits per heavy atom. The van der Waals surface area contributed by atoms with Crippen molar-refractivity contribution >= 4 is 33.9 Å². The molecule has 1 aromatic heterocycles. The zero-order chi connectivity index (χ0) is 19.0. The number of aromatic hydroxyl groups is 1. The molecule has 2 aromatic rings. The standard InChI is InChI=1S/C19H19N3O4S/c20-17(24)16-11-6-2-4-8-15(11)27-19(16)21-18(25)14-9-12(22-26-14)10-5-1-3-7-13(10)23/h1,3,5,7,14,23H,2,4,6,8-9H2,(H2,20,24)(H,21,25). The van der Waals surface area contributed by atoms with Crippen LogP contribution in [-0.4, -0.2) is 28.7 Å². The molecule has 27 heavy (non-hydrogen) atoms. The summed E-state index contributed by atoms with van der Waals surface area (Å²) in [5.41, 5.74) is 7.99. The topological polar surface area (TPSA) is 114 Å². The van der Waals surface area contributed by atoms with Gasteiger partial charge in [-0.2, -0.15) is 0 Å². The number of primary amides is 1. The number of carbonyl (C=O) groups excluding carboxylic acids is 2. The molecule has 1 unspecified atom stereocenters. The summed E-state index contributed by atoms with van der Waals surface area (Å²) in [7, 11) is 0. The lowest BCUT2D eigenvalue weighted by atomic mass is 9.95. The van der Waals surface area contributed by atoms with E-state index in [-0.39, 0.29) is 18.1 Å². The number of benzene rings is 1. The minimum absolute atomic E-state index is 0.0860. The number of carbonyl (C=O) groups is 2. The lowest BCUT2D eigenvalue weighted by Crippen LogP contribution is -2.28. The van der Waals surface area contributed by atoms with Gasteiger partial charge in [-0.25, -0.2) is 0 Å². The monoisotopic (exact) mass is 385 g/mol. The fourth-order valence-corrected chi connectivity index (χ4v) is 4.80. The number of nitrogens with zero attached hydrogens (tertiary/aromatic N) is 1. The Bertz CT molecular complexity index is 950. The van der Waals surface area contributed by atoms with Gasteiger partial charge >= 0.3 is 0 Å². The summed E-state index contributed by atoms with van der Waals surface area (Å²) < 4.78 is 0. The van der Waals surface area contributed by atoms with Gasteiger partial charge in [-0.1, -0.05) is 17.3 Å². The summed E-state index contributed by atoms with van der Waals surface area (Å²) in [5.74, 6) is -0.823. The maximum absolute atomic E-state index is 12.6. The van der Waals surface area contributed by atoms with Crippen LogP contribution in [0.5, 0.6) is 5.75 Å². The van der Waals surface area contributed by atoms with E-state index in [1.54, 1.807) is 24.3 Å². The number of para-hydroxylation sites is 1. The van der Waals surface area contributed by atoms with E-state index in [4.69, 9.17) is 10.6 Å². The van der Waals surface area contributed by atoms with Gasteiger partial charge < -0.3 is 21.0 Å². The van der Waals surface area contributed by atoms with E-state index in [0.717, 1.165) is 36.1 Å². The number of amides is 2. The molecule has 0 saturated carbocycles. The highest BCUT2D eigenvalue weighted by Crippen LogP contribution is 2.38. The third-order valence-electron chi connectivity index (χ3n) is 4.83. The number of fused-ring (bicyclic) bond motifs is 1. The van der Waals surface area contributed by atoms with Crippen LogP contribution in [0.4, 0.5) is 5.00 Å². The second-order valence-corrected chi connectivity index (χ2v) is 7.73. The number of phenolic OH excluding ortho intramolecular Hbond substituents is 1. The van der Waals surface area contributed by atoms with Gasteiger partial charge in [-0.05, 0) is 43.4 Å². The first-order chi connectivity index (χ1) is 13.0. The molecule has 1 aromatic carbocycles. The molecular formula is C19H19N3O4S. The minimum Gasteiger partial charge on any atom is -0.507 e. The molecule has 2 aliphatic rings. The van der Waals surface area contributed by atoms with Crippen molar-refractivity contribution in [2.24, 2.45) is 10.9 Å². The summed E-state index contributed by atoms with van der Waals surface area (Å²) in [4.78, 5) is 31.0. The molecule has 2 heterocycles. The number of oxime groups is 1. The molecule has 140 valence electrons. The van der Waals surface area contributed by atoms with Crippen LogP contribution in [-0.2, 0) is 22.5 Å². The molecule has 7 nitrogen and oxygen atoms in total. The molecule has 1 aliphatic carbocycles. The first kappa shape index (κ1) is 17.5. The van der Waals surface area contributed by atoms with Crippen molar-refractivity contribution in [2.75, 3.05) is 5.32 Å². The van der Waals surface area contributed by atoms with Gasteiger partial charge in [0.1, 0.15) is 10.8 Å². The van der Waals surface area contributed by atoms with Crippen LogP contribution in [0.25, 0.3) is 0 Å². The van der Waals surface area contributed by atoms with Crippen LogP contribution in [0.3, 0.4) is 0 Å². The van der Waals surface area contributed by atoms with Gasteiger partial charge in [0, 0.05) is 16.9 Å². The Hall–Kier alpha value is -2.87. The number of nitrogens with two attached hydrogens (primary N) is 1. The lowest BCUT2D eigenvalue weighted by Gasteiger charge is -2.11. The highest BCUT2D eigenvalue weighted by atomic mass is 32.1. The van der Waals surface area contributed by atoms with E-state index in [9.17, 15) is 14.7 Å². The second kappa shape index (κ2) is 7.03. The van der Waals surface area contributed by atoms with Crippen molar-refractivity contribution in [1.82, 2.24) is 0 Å². The maximum atomic E-state index is 12.6. The molecule has 4 N–H and O–H groups in total. The van der Waals surface area contributed by atoms with E-state index in [2.05, 4.69) is 10.5 Å². The smallest absolute Gasteiger partial charge is 0.269 e. The van der Waals surface area contributed by atoms with E-state index in [1.807, 2.05) is 0 Å². The van der Waals surface area contributed by atoms with Crippen LogP contribution in [0, 0.1) is 0 Å². The van der Waals surface area contributed by atoms with Crippen LogP contribution in [0.2, 0.25) is 0 Å². The van der Waals surface area contributed by atoms with Gasteiger partial charge in [-0.3, -0.25) is 9.59 Å². The molecule has 1 aliphatic heterocycles. The average molecular weight is 385 g/mol. The minimum atomic E-state index is -0.820. The van der Waals surface area contributed by atoms with E-state index in [0.29, 0.717) is 21.8 Å². The first-order valence-corrected chi connectivity index (χ1v) is 9.62. The van der Waals surface area contributed by atoms with Crippen molar-refractivity contribution in [2.45, 2.75) is 38.2 Å². The highest BCUT2D eigenvalue weighted by Gasteiger charge is 2.32. The summed E-state index contributed by atoms with van der Waals surface area (Å²) in [6, 6.07) is 6.76. The number of thiophene rings is 1. The Labute approximate surface area is 159 Å². The predicted molar refractivity (Wildman–Crippen MR) is 102 cm³/mol. The highest BCUT2D eigenvalue weighted by molar-refractivity contribution is 7.17. The van der Waals surface area contributed by atoms with Gasteiger partial charge in [0.2, 0.25) is 6.10 Å². The number of anilines is 1. The molecule has 0 spiro atoms. The Kier molecular flexibility index (Phi) is 4.57. The van der Waals surface area contributed by atoms with Crippen LogP contribution in [0.1, 0.15) is 45.6 Å². The van der Waals surface area contributed by atoms with E-state index >= 15 is 0 Å². The third-order valence-corrected chi connectivity index (χ3v) is 6.04. The summed E-state index contributed by atoms with van der Waals surface area (Å²) >= 11 is 1.41. The molecule has 1 atom stereocenters. The summed E-state index contributed by atoms with van der Waals surface area (Å²) in [6.07, 6.45) is 3.21. The zero-order valence-electron chi connectivity index (χ0n) is 14.5. The van der Waals surface area contributed by atoms with Crippen molar-refractivity contribution in [3.63, 3.8) is 0 Å². The Balaban J connectivity index is 1.50. The maximum Gasteiger partial charge on any atom is 0.269 e. The van der Waals surface area contributed by atoms with E-state index < -0.39 is 12.0 Å². The number of aryl methyl sites for hydroxylation is 1. The van der Waals surface area contributed by atoms with Crippen molar-refractivity contribution < 1.29 is 19.5 Å². The lowest BCUT2D eigenvalue weighted by molar-refractivity contribution is -0.125. The SMILES string of the molecule is NC(=O)c1c(NC(=O)C2CC(c3ccccc3O)=NO2)sc2c1CCCC2. The molecule has 0 radical (unpaired) electrons. The van der Waals surface area contributed by atoms with Gasteiger partial charge in [0.25, 0.3) is 11.8 Å². The van der Waals surface area contributed by atoms with Gasteiger partial charge in [0.15, 0.2) is 0 Å². The number of hydrogen-bond donors (Lipinski definition) is 3. The number of phenols is 1. The van der Waals surface area contributed by atoms with Gasteiger partial charge in [-0.15, -0.1) is 11.3 Å². The molecule has 0 saturated heterocycles. The second-order valence-electron chi connectivity index (χ2n) is 6.62. The molecule has 0 fully saturated rings. The Morgan fingerprint density at radius 2 is 2.04 bits per heavy atom. The van der Waals surface area contributed by atoms with Crippen molar-refractivity contribution in [3.05, 3.63) is 45.8 Å². The quantitative estimate of drug-likeness (QED) is 0.750. The molecule has 2 amide bonds. The number of nitrogens with one attached hydrogen (secondary N) is 1. The average Bonchev–Trinajstić information content (AvgIpc) is 3.26. The summed E-state index contributed by atoms with van der Waals surface area (Å²) in [5, 5.41) is 17.2. The van der Waals surface area contributed by atoms with Crippen LogP contribution < -0.4 is 11.1 Å².